The monoisotopic (exact) mass is 284 g/mol. The van der Waals surface area contributed by atoms with Crippen molar-refractivity contribution in [1.82, 2.24) is 10.2 Å². The first kappa shape index (κ1) is 14.7. The predicted molar refractivity (Wildman–Crippen MR) is 78.1 cm³/mol. The maximum absolute atomic E-state index is 12.8. The maximum atomic E-state index is 12.8. The first-order chi connectivity index (χ1) is 9.09. The van der Waals surface area contributed by atoms with Gasteiger partial charge in [-0.2, -0.15) is 11.8 Å². The number of piperazine rings is 1. The van der Waals surface area contributed by atoms with Crippen LogP contribution in [0, 0.1) is 0 Å². The van der Waals surface area contributed by atoms with Crippen molar-refractivity contribution in [2.24, 2.45) is 0 Å². The molecule has 2 aliphatic rings. The lowest BCUT2D eigenvalue weighted by molar-refractivity contribution is -0.153. The van der Waals surface area contributed by atoms with Crippen molar-refractivity contribution >= 4 is 23.6 Å². The molecule has 1 heterocycles. The average molecular weight is 284 g/mol. The predicted octanol–water partition coefficient (Wildman–Crippen LogP) is 1.79. The third-order valence-corrected chi connectivity index (χ3v) is 5.29. The van der Waals surface area contributed by atoms with Gasteiger partial charge in [-0.1, -0.05) is 26.2 Å². The Kier molecular flexibility index (Phi) is 4.76. The average Bonchev–Trinajstić information content (AvgIpc) is 2.41. The van der Waals surface area contributed by atoms with Crippen LogP contribution in [0.3, 0.4) is 0 Å². The van der Waals surface area contributed by atoms with Crippen LogP contribution in [0.5, 0.6) is 0 Å². The Morgan fingerprint density at radius 1 is 1.32 bits per heavy atom. The van der Waals surface area contributed by atoms with Crippen molar-refractivity contribution in [3.8, 4) is 0 Å². The Hall–Kier alpha value is -0.710. The summed E-state index contributed by atoms with van der Waals surface area (Å²) in [7, 11) is 0. The van der Waals surface area contributed by atoms with Crippen LogP contribution < -0.4 is 5.32 Å². The van der Waals surface area contributed by atoms with Crippen LogP contribution in [0.1, 0.15) is 46.0 Å². The Labute approximate surface area is 119 Å². The number of nitrogens with one attached hydrogen (secondary N) is 1. The molecule has 2 amide bonds. The molecular formula is C14H24N2O2S. The van der Waals surface area contributed by atoms with E-state index in [9.17, 15) is 9.59 Å². The molecule has 19 heavy (non-hydrogen) atoms. The summed E-state index contributed by atoms with van der Waals surface area (Å²) in [5.74, 6) is 2.11. The molecule has 2 rings (SSSR count). The van der Waals surface area contributed by atoms with Crippen molar-refractivity contribution in [1.29, 1.82) is 0 Å². The highest BCUT2D eigenvalue weighted by molar-refractivity contribution is 7.99. The fourth-order valence-corrected chi connectivity index (χ4v) is 3.85. The third kappa shape index (κ3) is 3.07. The first-order valence-electron chi connectivity index (χ1n) is 7.29. The van der Waals surface area contributed by atoms with Crippen LogP contribution in [-0.2, 0) is 9.59 Å². The molecule has 0 radical (unpaired) electrons. The maximum Gasteiger partial charge on any atom is 0.249 e. The summed E-state index contributed by atoms with van der Waals surface area (Å²) in [5.41, 5.74) is -0.585. The van der Waals surface area contributed by atoms with Crippen LogP contribution >= 0.6 is 11.8 Å². The van der Waals surface area contributed by atoms with E-state index in [0.29, 0.717) is 0 Å². The van der Waals surface area contributed by atoms with Crippen LogP contribution in [0.15, 0.2) is 0 Å². The number of hydrogen-bond acceptors (Lipinski definition) is 3. The fourth-order valence-electron chi connectivity index (χ4n) is 3.09. The summed E-state index contributed by atoms with van der Waals surface area (Å²) in [5, 5.41) is 2.99. The molecule has 1 atom stereocenters. The molecule has 0 aromatic rings. The minimum absolute atomic E-state index is 0.00912. The zero-order valence-electron chi connectivity index (χ0n) is 11.9. The molecule has 4 nitrogen and oxygen atoms in total. The van der Waals surface area contributed by atoms with E-state index >= 15 is 0 Å². The van der Waals surface area contributed by atoms with Gasteiger partial charge >= 0.3 is 0 Å². The number of hydrogen-bond donors (Lipinski definition) is 1. The lowest BCUT2D eigenvalue weighted by Gasteiger charge is -2.46. The number of amides is 2. The zero-order chi connectivity index (χ0) is 13.9. The lowest BCUT2D eigenvalue weighted by Crippen LogP contribution is -2.68. The normalized spacial score (nSPS) is 24.4. The van der Waals surface area contributed by atoms with Crippen LogP contribution in [0.25, 0.3) is 0 Å². The zero-order valence-corrected chi connectivity index (χ0v) is 12.7. The van der Waals surface area contributed by atoms with Gasteiger partial charge in [-0.25, -0.2) is 0 Å². The van der Waals surface area contributed by atoms with Gasteiger partial charge in [0.05, 0.1) is 6.54 Å². The third-order valence-electron chi connectivity index (χ3n) is 4.17. The number of thioether (sulfide) groups is 1. The van der Waals surface area contributed by atoms with Gasteiger partial charge in [0.15, 0.2) is 0 Å². The van der Waals surface area contributed by atoms with E-state index in [1.165, 1.54) is 6.42 Å². The summed E-state index contributed by atoms with van der Waals surface area (Å²) < 4.78 is 0. The summed E-state index contributed by atoms with van der Waals surface area (Å²) in [6.07, 6.45) is 4.87. The SMILES string of the molecule is CCSCC(C)N1CC(=O)NC2(CCCCC2)C1=O. The fraction of sp³-hybridized carbons (Fsp3) is 0.857. The van der Waals surface area contributed by atoms with E-state index in [0.717, 1.165) is 37.2 Å². The Balaban J connectivity index is 2.11. The summed E-state index contributed by atoms with van der Waals surface area (Å²) >= 11 is 1.82. The highest BCUT2D eigenvalue weighted by atomic mass is 32.2. The Morgan fingerprint density at radius 2 is 2.00 bits per heavy atom. The molecule has 1 aliphatic carbocycles. The molecule has 1 saturated carbocycles. The van der Waals surface area contributed by atoms with Crippen LogP contribution in [0.4, 0.5) is 0 Å². The summed E-state index contributed by atoms with van der Waals surface area (Å²) in [6.45, 7) is 4.40. The van der Waals surface area contributed by atoms with Crippen molar-refractivity contribution in [2.45, 2.75) is 57.5 Å². The number of nitrogens with zero attached hydrogens (tertiary/aromatic N) is 1. The molecule has 5 heteroatoms. The van der Waals surface area contributed by atoms with Gasteiger partial charge in [0, 0.05) is 11.8 Å². The van der Waals surface area contributed by atoms with Gasteiger partial charge in [-0.15, -0.1) is 0 Å². The second-order valence-electron chi connectivity index (χ2n) is 5.63. The van der Waals surface area contributed by atoms with Crippen molar-refractivity contribution in [2.75, 3.05) is 18.1 Å². The van der Waals surface area contributed by atoms with Crippen molar-refractivity contribution < 1.29 is 9.59 Å². The van der Waals surface area contributed by atoms with Gasteiger partial charge < -0.3 is 10.2 Å². The molecule has 1 aliphatic heterocycles. The smallest absolute Gasteiger partial charge is 0.249 e. The summed E-state index contributed by atoms with van der Waals surface area (Å²) in [6, 6.07) is 0.141. The molecule has 0 aromatic carbocycles. The Bertz CT molecular complexity index is 353. The molecular weight excluding hydrogens is 260 g/mol. The van der Waals surface area contributed by atoms with Crippen molar-refractivity contribution in [3.63, 3.8) is 0 Å². The molecule has 0 bridgehead atoms. The first-order valence-corrected chi connectivity index (χ1v) is 8.44. The van der Waals surface area contributed by atoms with E-state index in [1.807, 2.05) is 11.8 Å². The quantitative estimate of drug-likeness (QED) is 0.856. The standard InChI is InChI=1S/C14H24N2O2S/c1-3-19-10-11(2)16-9-12(17)15-14(13(16)18)7-5-4-6-8-14/h11H,3-10H2,1-2H3,(H,15,17). The summed E-state index contributed by atoms with van der Waals surface area (Å²) in [4.78, 5) is 26.5. The Morgan fingerprint density at radius 3 is 2.63 bits per heavy atom. The molecule has 1 saturated heterocycles. The molecule has 1 N–H and O–H groups in total. The molecule has 1 unspecified atom stereocenters. The largest absolute Gasteiger partial charge is 0.340 e. The number of rotatable bonds is 4. The minimum Gasteiger partial charge on any atom is -0.340 e. The molecule has 108 valence electrons. The van der Waals surface area contributed by atoms with E-state index < -0.39 is 5.54 Å². The number of carbonyl (C=O) groups is 2. The van der Waals surface area contributed by atoms with E-state index in [2.05, 4.69) is 19.2 Å². The van der Waals surface area contributed by atoms with E-state index in [-0.39, 0.29) is 24.4 Å². The minimum atomic E-state index is -0.585. The molecule has 1 spiro atoms. The topological polar surface area (TPSA) is 49.4 Å². The highest BCUT2D eigenvalue weighted by Crippen LogP contribution is 2.32. The molecule has 2 fully saturated rings. The lowest BCUT2D eigenvalue weighted by atomic mass is 9.79. The van der Waals surface area contributed by atoms with Gasteiger partial charge in [0.2, 0.25) is 11.8 Å². The van der Waals surface area contributed by atoms with Gasteiger partial charge in [0.1, 0.15) is 5.54 Å². The second-order valence-corrected chi connectivity index (χ2v) is 6.95. The second kappa shape index (κ2) is 6.16. The van der Waals surface area contributed by atoms with Gasteiger partial charge in [-0.05, 0) is 25.5 Å². The molecule has 0 aromatic heterocycles. The van der Waals surface area contributed by atoms with Gasteiger partial charge in [0.25, 0.3) is 0 Å². The van der Waals surface area contributed by atoms with E-state index in [4.69, 9.17) is 0 Å². The van der Waals surface area contributed by atoms with E-state index in [1.54, 1.807) is 4.90 Å². The van der Waals surface area contributed by atoms with Crippen LogP contribution in [0.2, 0.25) is 0 Å². The highest BCUT2D eigenvalue weighted by Gasteiger charge is 2.47. The number of carbonyl (C=O) groups excluding carboxylic acids is 2. The van der Waals surface area contributed by atoms with Gasteiger partial charge in [-0.3, -0.25) is 9.59 Å². The van der Waals surface area contributed by atoms with Crippen molar-refractivity contribution in [3.05, 3.63) is 0 Å². The van der Waals surface area contributed by atoms with Crippen LogP contribution in [-0.4, -0.2) is 46.3 Å².